The van der Waals surface area contributed by atoms with Crippen molar-refractivity contribution in [2.75, 3.05) is 5.32 Å². The van der Waals surface area contributed by atoms with Gasteiger partial charge in [-0.15, -0.1) is 10.2 Å². The Bertz CT molecular complexity index is 712. The molecule has 24 heavy (non-hydrogen) atoms. The van der Waals surface area contributed by atoms with Gasteiger partial charge < -0.3 is 9.88 Å². The third kappa shape index (κ3) is 4.28. The molecule has 0 aliphatic heterocycles. The number of anilines is 1. The van der Waals surface area contributed by atoms with Crippen LogP contribution < -0.4 is 5.32 Å². The Balaban J connectivity index is 2.02. The molecule has 130 valence electrons. The molecule has 1 atom stereocenters. The summed E-state index contributed by atoms with van der Waals surface area (Å²) in [4.78, 5) is 12.2. The highest BCUT2D eigenvalue weighted by Crippen LogP contribution is 2.31. The molecule has 0 saturated carbocycles. The van der Waals surface area contributed by atoms with E-state index in [4.69, 9.17) is 0 Å². The van der Waals surface area contributed by atoms with Gasteiger partial charge in [-0.25, -0.2) is 0 Å². The summed E-state index contributed by atoms with van der Waals surface area (Å²) in [6.45, 7) is 3.63. The molecule has 2 aromatic rings. The Morgan fingerprint density at radius 1 is 1.29 bits per heavy atom. The molecular formula is C15H17F3N4OS. The molecule has 5 nitrogen and oxygen atoms in total. The van der Waals surface area contributed by atoms with E-state index in [0.717, 1.165) is 28.3 Å². The molecule has 0 fully saturated rings. The summed E-state index contributed by atoms with van der Waals surface area (Å²) < 4.78 is 38.9. The van der Waals surface area contributed by atoms with E-state index < -0.39 is 17.3 Å². The summed E-state index contributed by atoms with van der Waals surface area (Å²) >= 11 is 0.919. The number of hydrogen-bond donors (Lipinski definition) is 1. The molecule has 1 amide bonds. The minimum absolute atomic E-state index is 0.0336. The van der Waals surface area contributed by atoms with E-state index >= 15 is 0 Å². The zero-order valence-corrected chi connectivity index (χ0v) is 14.2. The second-order valence-corrected chi connectivity index (χ2v) is 6.47. The van der Waals surface area contributed by atoms with Crippen molar-refractivity contribution in [2.45, 2.75) is 36.9 Å². The Hall–Kier alpha value is -2.03. The van der Waals surface area contributed by atoms with Crippen LogP contribution in [-0.2, 0) is 24.4 Å². The van der Waals surface area contributed by atoms with Crippen LogP contribution >= 0.6 is 11.8 Å². The van der Waals surface area contributed by atoms with Crippen molar-refractivity contribution in [3.05, 3.63) is 35.7 Å². The lowest BCUT2D eigenvalue weighted by Crippen LogP contribution is -2.23. The standard InChI is InChI=1S/C15H17F3N4OS/c1-4-10-5-7-11(8-6-10)19-12(23)9(2)24-14-21-20-13(22(14)3)15(16,17)18/h5-9H,4H2,1-3H3,(H,19,23)/t9-/m1/s1. The van der Waals surface area contributed by atoms with Gasteiger partial charge in [-0.05, 0) is 31.0 Å². The number of rotatable bonds is 5. The van der Waals surface area contributed by atoms with Crippen LogP contribution in [0, 0.1) is 0 Å². The fourth-order valence-corrected chi connectivity index (χ4v) is 2.76. The molecule has 0 saturated heterocycles. The van der Waals surface area contributed by atoms with E-state index in [1.165, 1.54) is 7.05 Å². The van der Waals surface area contributed by atoms with Crippen molar-refractivity contribution >= 4 is 23.4 Å². The maximum Gasteiger partial charge on any atom is 0.451 e. The van der Waals surface area contributed by atoms with Crippen LogP contribution in [0.3, 0.4) is 0 Å². The van der Waals surface area contributed by atoms with Gasteiger partial charge in [-0.2, -0.15) is 13.2 Å². The summed E-state index contributed by atoms with van der Waals surface area (Å²) in [7, 11) is 1.22. The molecule has 1 aromatic carbocycles. The van der Waals surface area contributed by atoms with Gasteiger partial charge in [0, 0.05) is 12.7 Å². The fourth-order valence-electron chi connectivity index (χ4n) is 1.94. The van der Waals surface area contributed by atoms with Crippen molar-refractivity contribution in [2.24, 2.45) is 7.05 Å². The number of aromatic nitrogens is 3. The number of hydrogen-bond acceptors (Lipinski definition) is 4. The number of thioether (sulfide) groups is 1. The van der Waals surface area contributed by atoms with Gasteiger partial charge in [0.05, 0.1) is 5.25 Å². The van der Waals surface area contributed by atoms with E-state index in [2.05, 4.69) is 15.5 Å². The second-order valence-electron chi connectivity index (χ2n) is 5.16. The van der Waals surface area contributed by atoms with E-state index in [-0.39, 0.29) is 11.1 Å². The fraction of sp³-hybridized carbons (Fsp3) is 0.400. The van der Waals surface area contributed by atoms with Crippen molar-refractivity contribution < 1.29 is 18.0 Å². The average molecular weight is 358 g/mol. The minimum Gasteiger partial charge on any atom is -0.325 e. The SMILES string of the molecule is CCc1ccc(NC(=O)[C@@H](C)Sc2nnc(C(F)(F)F)n2C)cc1. The van der Waals surface area contributed by atoms with E-state index in [9.17, 15) is 18.0 Å². The third-order valence-corrected chi connectivity index (χ3v) is 4.50. The number of amides is 1. The lowest BCUT2D eigenvalue weighted by Gasteiger charge is -2.12. The first-order valence-corrected chi connectivity index (χ1v) is 8.13. The normalized spacial score (nSPS) is 12.9. The lowest BCUT2D eigenvalue weighted by atomic mass is 10.1. The van der Waals surface area contributed by atoms with E-state index in [1.54, 1.807) is 19.1 Å². The summed E-state index contributed by atoms with van der Waals surface area (Å²) in [6.07, 6.45) is -3.68. The first-order valence-electron chi connectivity index (χ1n) is 7.25. The van der Waals surface area contributed by atoms with E-state index in [1.807, 2.05) is 19.1 Å². The largest absolute Gasteiger partial charge is 0.451 e. The number of carbonyl (C=O) groups excluding carboxylic acids is 1. The molecule has 0 aliphatic carbocycles. The zero-order chi connectivity index (χ0) is 17.9. The Morgan fingerprint density at radius 2 is 1.92 bits per heavy atom. The van der Waals surface area contributed by atoms with Crippen LogP contribution in [0.5, 0.6) is 0 Å². The molecule has 1 N–H and O–H groups in total. The first-order chi connectivity index (χ1) is 11.2. The van der Waals surface area contributed by atoms with Crippen molar-refractivity contribution in [3.8, 4) is 0 Å². The van der Waals surface area contributed by atoms with Crippen LogP contribution in [0.4, 0.5) is 18.9 Å². The van der Waals surface area contributed by atoms with Gasteiger partial charge in [0.15, 0.2) is 5.16 Å². The van der Waals surface area contributed by atoms with E-state index in [0.29, 0.717) is 5.69 Å². The number of aryl methyl sites for hydroxylation is 1. The Kier molecular flexibility index (Phi) is 5.53. The molecule has 0 radical (unpaired) electrons. The molecule has 0 spiro atoms. The number of halogens is 3. The predicted octanol–water partition coefficient (Wildman–Crippen LogP) is 3.52. The molecule has 9 heteroatoms. The summed E-state index contributed by atoms with van der Waals surface area (Å²) in [5.74, 6) is -1.41. The average Bonchev–Trinajstić information content (AvgIpc) is 2.89. The Labute approximate surface area is 141 Å². The quantitative estimate of drug-likeness (QED) is 0.831. The molecule has 0 unspecified atom stereocenters. The van der Waals surface area contributed by atoms with Crippen LogP contribution in [-0.4, -0.2) is 25.9 Å². The highest BCUT2D eigenvalue weighted by atomic mass is 32.2. The van der Waals surface area contributed by atoms with Gasteiger partial charge in [-0.3, -0.25) is 4.79 Å². The van der Waals surface area contributed by atoms with Gasteiger partial charge in [0.1, 0.15) is 0 Å². The van der Waals surface area contributed by atoms with Crippen LogP contribution in [0.15, 0.2) is 29.4 Å². The molecule has 2 rings (SSSR count). The lowest BCUT2D eigenvalue weighted by molar-refractivity contribution is -0.147. The van der Waals surface area contributed by atoms with Crippen LogP contribution in [0.2, 0.25) is 0 Å². The minimum atomic E-state index is -4.58. The summed E-state index contributed by atoms with van der Waals surface area (Å²) in [6, 6.07) is 7.40. The molecule has 0 bridgehead atoms. The number of benzene rings is 1. The third-order valence-electron chi connectivity index (χ3n) is 3.37. The molecule has 1 heterocycles. The second kappa shape index (κ2) is 7.25. The topological polar surface area (TPSA) is 59.8 Å². The van der Waals surface area contributed by atoms with Gasteiger partial charge in [0.25, 0.3) is 0 Å². The predicted molar refractivity (Wildman–Crippen MR) is 85.8 cm³/mol. The van der Waals surface area contributed by atoms with Gasteiger partial charge in [0.2, 0.25) is 11.7 Å². The maximum absolute atomic E-state index is 12.7. The van der Waals surface area contributed by atoms with Crippen molar-refractivity contribution in [3.63, 3.8) is 0 Å². The number of carbonyl (C=O) groups is 1. The number of nitrogens with zero attached hydrogens (tertiary/aromatic N) is 3. The Morgan fingerprint density at radius 3 is 2.42 bits per heavy atom. The summed E-state index contributed by atoms with van der Waals surface area (Å²) in [5, 5.41) is 8.79. The monoisotopic (exact) mass is 358 g/mol. The molecule has 1 aromatic heterocycles. The highest BCUT2D eigenvalue weighted by Gasteiger charge is 2.37. The maximum atomic E-state index is 12.7. The van der Waals surface area contributed by atoms with Crippen LogP contribution in [0.1, 0.15) is 25.2 Å². The molecule has 0 aliphatic rings. The summed E-state index contributed by atoms with van der Waals surface area (Å²) in [5.41, 5.74) is 1.78. The van der Waals surface area contributed by atoms with Crippen molar-refractivity contribution in [1.82, 2.24) is 14.8 Å². The first kappa shape index (κ1) is 18.3. The van der Waals surface area contributed by atoms with Crippen molar-refractivity contribution in [1.29, 1.82) is 0 Å². The zero-order valence-electron chi connectivity index (χ0n) is 13.4. The number of alkyl halides is 3. The molecular weight excluding hydrogens is 341 g/mol. The smallest absolute Gasteiger partial charge is 0.325 e. The van der Waals surface area contributed by atoms with Gasteiger partial charge >= 0.3 is 6.18 Å². The highest BCUT2D eigenvalue weighted by molar-refractivity contribution is 8.00. The number of nitrogens with one attached hydrogen (secondary N) is 1. The van der Waals surface area contributed by atoms with Crippen LogP contribution in [0.25, 0.3) is 0 Å². The van der Waals surface area contributed by atoms with Gasteiger partial charge in [-0.1, -0.05) is 30.8 Å².